The number of hydrogen-bond acceptors (Lipinski definition) is 3. The molecule has 0 aliphatic carbocycles. The summed E-state index contributed by atoms with van der Waals surface area (Å²) < 4.78 is 44.1. The zero-order chi connectivity index (χ0) is 12.9. The minimum absolute atomic E-state index is 0.0352. The van der Waals surface area contributed by atoms with Crippen molar-refractivity contribution in [2.24, 2.45) is 0 Å². The zero-order valence-electron chi connectivity index (χ0n) is 9.81. The lowest BCUT2D eigenvalue weighted by Gasteiger charge is -2.09. The second-order valence-corrected chi connectivity index (χ2v) is 5.48. The van der Waals surface area contributed by atoms with Crippen LogP contribution >= 0.6 is 0 Å². The molecule has 17 heavy (non-hydrogen) atoms. The van der Waals surface area contributed by atoms with Crippen molar-refractivity contribution in [1.29, 1.82) is 0 Å². The lowest BCUT2D eigenvalue weighted by Crippen LogP contribution is -2.28. The topological polar surface area (TPSA) is 55.4 Å². The van der Waals surface area contributed by atoms with Gasteiger partial charge in [-0.25, -0.2) is 17.5 Å². The van der Waals surface area contributed by atoms with E-state index in [1.807, 2.05) is 13.8 Å². The van der Waals surface area contributed by atoms with Crippen LogP contribution in [-0.4, -0.2) is 27.7 Å². The molecule has 0 aliphatic heterocycles. The fraction of sp³-hybridized carbons (Fsp3) is 0.455. The van der Waals surface area contributed by atoms with E-state index in [4.69, 9.17) is 4.74 Å². The number of ether oxygens (including phenoxy) is 1. The number of hydrogen-bond donors (Lipinski definition) is 1. The number of halogens is 1. The Kier molecular flexibility index (Phi) is 5.04. The molecule has 1 rings (SSSR count). The molecule has 0 atom stereocenters. The highest BCUT2D eigenvalue weighted by Crippen LogP contribution is 2.12. The maximum absolute atomic E-state index is 13.3. The van der Waals surface area contributed by atoms with Crippen LogP contribution in [0.5, 0.6) is 0 Å². The second-order valence-electron chi connectivity index (χ2n) is 3.75. The van der Waals surface area contributed by atoms with Crippen molar-refractivity contribution in [2.45, 2.75) is 24.8 Å². The lowest BCUT2D eigenvalue weighted by molar-refractivity contribution is 0.0834. The first-order valence-corrected chi connectivity index (χ1v) is 6.77. The van der Waals surface area contributed by atoms with Crippen molar-refractivity contribution in [3.63, 3.8) is 0 Å². The van der Waals surface area contributed by atoms with Crippen molar-refractivity contribution in [3.8, 4) is 0 Å². The van der Waals surface area contributed by atoms with Gasteiger partial charge in [0.1, 0.15) is 10.7 Å². The summed E-state index contributed by atoms with van der Waals surface area (Å²) in [6.07, 6.45) is 0.0352. The predicted octanol–water partition coefficient (Wildman–Crippen LogP) is 1.53. The molecule has 1 N–H and O–H groups in total. The molecule has 0 unspecified atom stereocenters. The average Bonchev–Trinajstić information content (AvgIpc) is 2.24. The Balaban J connectivity index is 2.61. The molecular weight excluding hydrogens is 245 g/mol. The third-order valence-corrected chi connectivity index (χ3v) is 3.47. The van der Waals surface area contributed by atoms with Crippen LogP contribution < -0.4 is 4.72 Å². The summed E-state index contributed by atoms with van der Waals surface area (Å²) in [7, 11) is -3.79. The molecule has 0 radical (unpaired) electrons. The Morgan fingerprint density at radius 1 is 1.35 bits per heavy atom. The molecule has 1 aromatic rings. The van der Waals surface area contributed by atoms with Gasteiger partial charge in [-0.3, -0.25) is 0 Å². The van der Waals surface area contributed by atoms with Crippen molar-refractivity contribution in [1.82, 2.24) is 4.72 Å². The molecule has 0 saturated carbocycles. The monoisotopic (exact) mass is 261 g/mol. The van der Waals surface area contributed by atoms with E-state index in [2.05, 4.69) is 4.72 Å². The first kappa shape index (κ1) is 14.1. The van der Waals surface area contributed by atoms with Gasteiger partial charge in [-0.15, -0.1) is 0 Å². The molecule has 0 heterocycles. The summed E-state index contributed by atoms with van der Waals surface area (Å²) in [5.41, 5.74) is 0. The fourth-order valence-electron chi connectivity index (χ4n) is 1.21. The van der Waals surface area contributed by atoms with Gasteiger partial charge in [0.05, 0.1) is 12.7 Å². The second kappa shape index (κ2) is 6.09. The highest BCUT2D eigenvalue weighted by Gasteiger charge is 2.17. The first-order valence-electron chi connectivity index (χ1n) is 5.29. The van der Waals surface area contributed by atoms with E-state index in [1.54, 1.807) is 0 Å². The van der Waals surface area contributed by atoms with Crippen LogP contribution in [0.3, 0.4) is 0 Å². The van der Waals surface area contributed by atoms with Crippen LogP contribution in [0.15, 0.2) is 29.2 Å². The number of sulfonamides is 1. The average molecular weight is 261 g/mol. The van der Waals surface area contributed by atoms with E-state index in [0.29, 0.717) is 0 Å². The van der Waals surface area contributed by atoms with Crippen LogP contribution in [0.2, 0.25) is 0 Å². The van der Waals surface area contributed by atoms with E-state index < -0.39 is 15.8 Å². The van der Waals surface area contributed by atoms with Crippen LogP contribution in [0, 0.1) is 5.82 Å². The van der Waals surface area contributed by atoms with E-state index >= 15 is 0 Å². The fourth-order valence-corrected chi connectivity index (χ4v) is 2.30. The van der Waals surface area contributed by atoms with Gasteiger partial charge >= 0.3 is 0 Å². The summed E-state index contributed by atoms with van der Waals surface area (Å²) in [5.74, 6) is -0.759. The minimum atomic E-state index is -3.79. The van der Waals surface area contributed by atoms with Crippen LogP contribution in [0.4, 0.5) is 4.39 Å². The number of benzene rings is 1. The molecule has 0 saturated heterocycles. The molecule has 96 valence electrons. The van der Waals surface area contributed by atoms with E-state index in [-0.39, 0.29) is 24.2 Å². The van der Waals surface area contributed by atoms with Gasteiger partial charge in [-0.05, 0) is 26.0 Å². The summed E-state index contributed by atoms with van der Waals surface area (Å²) in [4.78, 5) is -0.343. The highest BCUT2D eigenvalue weighted by atomic mass is 32.2. The smallest absolute Gasteiger partial charge is 0.243 e. The Morgan fingerprint density at radius 2 is 2.00 bits per heavy atom. The quantitative estimate of drug-likeness (QED) is 0.790. The number of rotatable bonds is 6. The molecule has 0 spiro atoms. The van der Waals surface area contributed by atoms with Gasteiger partial charge in [0.25, 0.3) is 0 Å². The lowest BCUT2D eigenvalue weighted by atomic mass is 10.4. The van der Waals surface area contributed by atoms with Crippen molar-refractivity contribution < 1.29 is 17.5 Å². The molecule has 0 aromatic heterocycles. The molecule has 0 amide bonds. The third-order valence-electron chi connectivity index (χ3n) is 1.97. The normalized spacial score (nSPS) is 12.0. The third kappa shape index (κ3) is 4.41. The predicted molar refractivity (Wildman–Crippen MR) is 62.7 cm³/mol. The van der Waals surface area contributed by atoms with Crippen molar-refractivity contribution in [2.75, 3.05) is 13.2 Å². The van der Waals surface area contributed by atoms with E-state index in [1.165, 1.54) is 18.2 Å². The maximum Gasteiger partial charge on any atom is 0.243 e. The minimum Gasteiger partial charge on any atom is -0.377 e. The van der Waals surface area contributed by atoms with Crippen LogP contribution in [0.1, 0.15) is 13.8 Å². The Hall–Kier alpha value is -0.980. The van der Waals surface area contributed by atoms with E-state index in [0.717, 1.165) is 6.07 Å². The van der Waals surface area contributed by atoms with Gasteiger partial charge in [-0.1, -0.05) is 12.1 Å². The molecule has 1 aromatic carbocycles. The largest absolute Gasteiger partial charge is 0.377 e. The van der Waals surface area contributed by atoms with Gasteiger partial charge in [-0.2, -0.15) is 0 Å². The first-order chi connectivity index (χ1) is 7.93. The van der Waals surface area contributed by atoms with Crippen molar-refractivity contribution >= 4 is 10.0 Å². The molecule has 6 heteroatoms. The van der Waals surface area contributed by atoms with E-state index in [9.17, 15) is 12.8 Å². The molecule has 0 fully saturated rings. The van der Waals surface area contributed by atoms with Gasteiger partial charge in [0, 0.05) is 6.54 Å². The molecule has 0 bridgehead atoms. The van der Waals surface area contributed by atoms with Crippen LogP contribution in [-0.2, 0) is 14.8 Å². The summed E-state index contributed by atoms with van der Waals surface area (Å²) in [6.45, 7) is 4.08. The standard InChI is InChI=1S/C11H16FNO3S/c1-9(2)16-8-7-13-17(14,15)11-6-4-3-5-10(11)12/h3-6,9,13H,7-8H2,1-2H3. The summed E-state index contributed by atoms with van der Waals surface area (Å²) in [6, 6.07) is 5.25. The Bertz CT molecular complexity index is 460. The summed E-state index contributed by atoms with van der Waals surface area (Å²) >= 11 is 0. The van der Waals surface area contributed by atoms with Gasteiger partial charge < -0.3 is 4.74 Å². The molecule has 0 aliphatic rings. The molecular formula is C11H16FNO3S. The maximum atomic E-state index is 13.3. The molecule has 4 nitrogen and oxygen atoms in total. The number of nitrogens with one attached hydrogen (secondary N) is 1. The van der Waals surface area contributed by atoms with Gasteiger partial charge in [0.15, 0.2) is 0 Å². The zero-order valence-corrected chi connectivity index (χ0v) is 10.6. The highest BCUT2D eigenvalue weighted by molar-refractivity contribution is 7.89. The Labute approximate surface area is 101 Å². The SMILES string of the molecule is CC(C)OCCNS(=O)(=O)c1ccccc1F. The van der Waals surface area contributed by atoms with Crippen LogP contribution in [0.25, 0.3) is 0 Å². The Morgan fingerprint density at radius 3 is 2.59 bits per heavy atom. The summed E-state index contributed by atoms with van der Waals surface area (Å²) in [5, 5.41) is 0. The van der Waals surface area contributed by atoms with Gasteiger partial charge in [0.2, 0.25) is 10.0 Å². The van der Waals surface area contributed by atoms with Crippen molar-refractivity contribution in [3.05, 3.63) is 30.1 Å².